The van der Waals surface area contributed by atoms with Gasteiger partial charge in [-0.05, 0) is 50.2 Å². The van der Waals surface area contributed by atoms with E-state index < -0.39 is 0 Å². The molecule has 1 aromatic heterocycles. The Morgan fingerprint density at radius 2 is 2.14 bits per heavy atom. The zero-order valence-corrected chi connectivity index (χ0v) is 12.1. The highest BCUT2D eigenvalue weighted by molar-refractivity contribution is 5.40. The maximum absolute atomic E-state index is 9.77. The number of hydrogen-bond acceptors (Lipinski definition) is 5. The molecule has 2 aromatic rings. The topological polar surface area (TPSA) is 74.9 Å². The standard InChI is InChI=1S/C16H21NO4/c1-12(15-10-13(18)5-6-16(15)19)17-7-3-8-20-11-14-4-2-9-21-14/h2,4-6,9-10,12,17-19H,3,7-8,11H2,1H3. The van der Waals surface area contributed by atoms with Gasteiger partial charge in [0.1, 0.15) is 23.9 Å². The molecule has 0 aliphatic heterocycles. The molecular formula is C16H21NO4. The number of rotatable bonds is 8. The van der Waals surface area contributed by atoms with Crippen molar-refractivity contribution in [2.24, 2.45) is 0 Å². The number of nitrogens with one attached hydrogen (secondary N) is 1. The second-order valence-corrected chi connectivity index (χ2v) is 4.90. The van der Waals surface area contributed by atoms with Crippen molar-refractivity contribution in [2.45, 2.75) is 26.0 Å². The lowest BCUT2D eigenvalue weighted by Gasteiger charge is -2.15. The van der Waals surface area contributed by atoms with Crippen molar-refractivity contribution in [3.63, 3.8) is 0 Å². The first-order valence-corrected chi connectivity index (χ1v) is 7.02. The van der Waals surface area contributed by atoms with Crippen LogP contribution in [0.25, 0.3) is 0 Å². The molecule has 21 heavy (non-hydrogen) atoms. The molecule has 1 heterocycles. The quantitative estimate of drug-likeness (QED) is 0.515. The minimum absolute atomic E-state index is 0.0397. The van der Waals surface area contributed by atoms with Crippen molar-refractivity contribution in [1.82, 2.24) is 5.32 Å². The van der Waals surface area contributed by atoms with Gasteiger partial charge in [0.2, 0.25) is 0 Å². The van der Waals surface area contributed by atoms with Crippen molar-refractivity contribution >= 4 is 0 Å². The van der Waals surface area contributed by atoms with Gasteiger partial charge in [0, 0.05) is 18.2 Å². The summed E-state index contributed by atoms with van der Waals surface area (Å²) in [5.41, 5.74) is 0.687. The summed E-state index contributed by atoms with van der Waals surface area (Å²) >= 11 is 0. The predicted molar refractivity (Wildman–Crippen MR) is 79.2 cm³/mol. The third kappa shape index (κ3) is 4.81. The first kappa shape index (κ1) is 15.4. The van der Waals surface area contributed by atoms with E-state index in [9.17, 15) is 10.2 Å². The lowest BCUT2D eigenvalue weighted by Crippen LogP contribution is -2.21. The maximum Gasteiger partial charge on any atom is 0.129 e. The highest BCUT2D eigenvalue weighted by Crippen LogP contribution is 2.27. The van der Waals surface area contributed by atoms with Crippen LogP contribution in [0, 0.1) is 0 Å². The number of hydrogen-bond donors (Lipinski definition) is 3. The number of benzene rings is 1. The van der Waals surface area contributed by atoms with Crippen LogP contribution in [0.15, 0.2) is 41.0 Å². The summed E-state index contributed by atoms with van der Waals surface area (Å²) in [7, 11) is 0. The lowest BCUT2D eigenvalue weighted by atomic mass is 10.1. The number of furan rings is 1. The summed E-state index contributed by atoms with van der Waals surface area (Å²) in [5, 5.41) is 22.5. The van der Waals surface area contributed by atoms with Crippen molar-refractivity contribution in [3.8, 4) is 11.5 Å². The van der Waals surface area contributed by atoms with E-state index in [-0.39, 0.29) is 17.5 Å². The van der Waals surface area contributed by atoms with Gasteiger partial charge in [0.25, 0.3) is 0 Å². The van der Waals surface area contributed by atoms with Gasteiger partial charge >= 0.3 is 0 Å². The van der Waals surface area contributed by atoms with Crippen LogP contribution in [0.3, 0.4) is 0 Å². The molecule has 0 amide bonds. The van der Waals surface area contributed by atoms with Crippen LogP contribution in [0.4, 0.5) is 0 Å². The zero-order chi connectivity index (χ0) is 15.1. The van der Waals surface area contributed by atoms with Gasteiger partial charge in [-0.3, -0.25) is 0 Å². The largest absolute Gasteiger partial charge is 0.508 e. The van der Waals surface area contributed by atoms with E-state index >= 15 is 0 Å². The molecule has 0 bridgehead atoms. The molecular weight excluding hydrogens is 270 g/mol. The van der Waals surface area contributed by atoms with E-state index in [0.29, 0.717) is 18.8 Å². The first-order chi connectivity index (χ1) is 10.2. The molecule has 5 heteroatoms. The molecule has 0 saturated heterocycles. The Kier molecular flexibility index (Phi) is 5.66. The van der Waals surface area contributed by atoms with Crippen LogP contribution in [0.1, 0.15) is 30.7 Å². The minimum atomic E-state index is -0.0397. The average molecular weight is 291 g/mol. The molecule has 1 unspecified atom stereocenters. The van der Waals surface area contributed by atoms with Crippen LogP contribution in [-0.4, -0.2) is 23.4 Å². The van der Waals surface area contributed by atoms with Crippen molar-refractivity contribution in [1.29, 1.82) is 0 Å². The highest BCUT2D eigenvalue weighted by atomic mass is 16.5. The SMILES string of the molecule is CC(NCCCOCc1ccco1)c1cc(O)ccc1O. The van der Waals surface area contributed by atoms with Crippen molar-refractivity contribution in [2.75, 3.05) is 13.2 Å². The normalized spacial score (nSPS) is 12.4. The van der Waals surface area contributed by atoms with Gasteiger partial charge < -0.3 is 24.7 Å². The molecule has 3 N–H and O–H groups in total. The summed E-state index contributed by atoms with van der Waals surface area (Å²) in [4.78, 5) is 0. The smallest absolute Gasteiger partial charge is 0.129 e. The average Bonchev–Trinajstić information content (AvgIpc) is 2.98. The molecule has 0 aliphatic rings. The minimum Gasteiger partial charge on any atom is -0.508 e. The van der Waals surface area contributed by atoms with Gasteiger partial charge in [-0.2, -0.15) is 0 Å². The second-order valence-electron chi connectivity index (χ2n) is 4.90. The Bertz CT molecular complexity index is 539. The van der Waals surface area contributed by atoms with Gasteiger partial charge in [-0.25, -0.2) is 0 Å². The van der Waals surface area contributed by atoms with Crippen LogP contribution in [-0.2, 0) is 11.3 Å². The van der Waals surface area contributed by atoms with Gasteiger partial charge in [0.15, 0.2) is 0 Å². The van der Waals surface area contributed by atoms with E-state index in [0.717, 1.165) is 18.7 Å². The summed E-state index contributed by atoms with van der Waals surface area (Å²) in [6, 6.07) is 8.21. The van der Waals surface area contributed by atoms with E-state index in [2.05, 4.69) is 5.32 Å². The Balaban J connectivity index is 1.65. The van der Waals surface area contributed by atoms with E-state index in [1.54, 1.807) is 12.3 Å². The maximum atomic E-state index is 9.77. The summed E-state index contributed by atoms with van der Waals surface area (Å²) in [6.07, 6.45) is 2.48. The van der Waals surface area contributed by atoms with Gasteiger partial charge in [0.05, 0.1) is 6.26 Å². The Morgan fingerprint density at radius 3 is 2.90 bits per heavy atom. The van der Waals surface area contributed by atoms with Gasteiger partial charge in [-0.15, -0.1) is 0 Å². The summed E-state index contributed by atoms with van der Waals surface area (Å²) in [5.74, 6) is 1.15. The first-order valence-electron chi connectivity index (χ1n) is 7.02. The number of phenolic OH excluding ortho intramolecular Hbond substituents is 2. The lowest BCUT2D eigenvalue weighted by molar-refractivity contribution is 0.103. The van der Waals surface area contributed by atoms with E-state index in [4.69, 9.17) is 9.15 Å². The molecule has 0 fully saturated rings. The number of ether oxygens (including phenoxy) is 1. The predicted octanol–water partition coefficient (Wildman–Crippen LogP) is 2.95. The van der Waals surface area contributed by atoms with Crippen molar-refractivity contribution < 1.29 is 19.4 Å². The monoisotopic (exact) mass is 291 g/mol. The fraction of sp³-hybridized carbons (Fsp3) is 0.375. The summed E-state index contributed by atoms with van der Waals surface area (Å²) in [6.45, 7) is 3.81. The molecule has 5 nitrogen and oxygen atoms in total. The zero-order valence-electron chi connectivity index (χ0n) is 12.1. The molecule has 1 aromatic carbocycles. The second kappa shape index (κ2) is 7.71. The fourth-order valence-electron chi connectivity index (χ4n) is 2.06. The molecule has 0 saturated carbocycles. The highest BCUT2D eigenvalue weighted by Gasteiger charge is 2.10. The molecule has 0 aliphatic carbocycles. The number of phenols is 2. The molecule has 0 spiro atoms. The molecule has 114 valence electrons. The van der Waals surface area contributed by atoms with Gasteiger partial charge in [-0.1, -0.05) is 0 Å². The Hall–Kier alpha value is -1.98. The third-order valence-electron chi connectivity index (χ3n) is 3.22. The van der Waals surface area contributed by atoms with Crippen molar-refractivity contribution in [3.05, 3.63) is 47.9 Å². The Labute approximate surface area is 124 Å². The Morgan fingerprint density at radius 1 is 1.29 bits per heavy atom. The molecule has 0 radical (unpaired) electrons. The fourth-order valence-corrected chi connectivity index (χ4v) is 2.06. The molecule has 1 atom stereocenters. The molecule has 2 rings (SSSR count). The third-order valence-corrected chi connectivity index (χ3v) is 3.22. The summed E-state index contributed by atoms with van der Waals surface area (Å²) < 4.78 is 10.7. The van der Waals surface area contributed by atoms with E-state index in [1.165, 1.54) is 12.1 Å². The van der Waals surface area contributed by atoms with Crippen LogP contribution >= 0.6 is 0 Å². The number of aromatic hydroxyl groups is 2. The van der Waals surface area contributed by atoms with Crippen LogP contribution < -0.4 is 5.32 Å². The van der Waals surface area contributed by atoms with Crippen LogP contribution in [0.5, 0.6) is 11.5 Å². The van der Waals surface area contributed by atoms with E-state index in [1.807, 2.05) is 19.1 Å². The van der Waals surface area contributed by atoms with Crippen LogP contribution in [0.2, 0.25) is 0 Å².